The molecule has 1 aromatic heterocycles. The number of nitrogens with two attached hydrogens (primary N) is 1. The zero-order chi connectivity index (χ0) is 27.4. The zero-order valence-corrected chi connectivity index (χ0v) is 21.8. The molecule has 3 aromatic carbocycles. The van der Waals surface area contributed by atoms with E-state index in [0.717, 1.165) is 28.2 Å². The number of aromatic nitrogens is 2. The number of aromatic amines is 1. The summed E-state index contributed by atoms with van der Waals surface area (Å²) in [5.74, 6) is 1.46. The summed E-state index contributed by atoms with van der Waals surface area (Å²) in [5, 5.41) is 0. The van der Waals surface area contributed by atoms with E-state index in [4.69, 9.17) is 24.7 Å². The van der Waals surface area contributed by atoms with E-state index in [0.29, 0.717) is 6.42 Å². The zero-order valence-electron chi connectivity index (χ0n) is 21.8. The highest BCUT2D eigenvalue weighted by molar-refractivity contribution is 5.49. The molecule has 1 aliphatic heterocycles. The molecule has 0 unspecified atom stereocenters. The molecule has 1 saturated heterocycles. The maximum Gasteiger partial charge on any atom is 0.330 e. The number of methoxy groups -OCH3 is 2. The van der Waals surface area contributed by atoms with E-state index < -0.39 is 35.2 Å². The standard InChI is InChI=1S/C30H31N3O6/c1-36-23-12-8-21(9-13-23)30(20-6-4-3-5-7-20,22-10-14-24(37-2)15-11-22)38-19-26-25(31)18-28(39-26)33-17-16-27(34)32-29(33)35/h3-17,25-26,28H,18-19,31H2,1-2H3,(H,32,34,35)/t25-,26+,28+/m0/s1. The van der Waals surface area contributed by atoms with E-state index >= 15 is 0 Å². The summed E-state index contributed by atoms with van der Waals surface area (Å²) < 4.78 is 25.3. The molecule has 39 heavy (non-hydrogen) atoms. The molecule has 0 aliphatic carbocycles. The third-order valence-corrected chi connectivity index (χ3v) is 7.08. The van der Waals surface area contributed by atoms with Gasteiger partial charge in [0.25, 0.3) is 5.56 Å². The molecule has 9 nitrogen and oxygen atoms in total. The van der Waals surface area contributed by atoms with Crippen molar-refractivity contribution in [3.63, 3.8) is 0 Å². The van der Waals surface area contributed by atoms with Crippen LogP contribution in [-0.2, 0) is 15.1 Å². The molecule has 0 amide bonds. The Morgan fingerprint density at radius 2 is 1.44 bits per heavy atom. The maximum absolute atomic E-state index is 12.4. The van der Waals surface area contributed by atoms with E-state index in [1.54, 1.807) is 14.2 Å². The first-order valence-corrected chi connectivity index (χ1v) is 12.7. The van der Waals surface area contributed by atoms with Gasteiger partial charge in [0, 0.05) is 24.7 Å². The molecule has 202 valence electrons. The van der Waals surface area contributed by atoms with E-state index in [-0.39, 0.29) is 6.61 Å². The Labute approximate surface area is 225 Å². The predicted octanol–water partition coefficient (Wildman–Crippen LogP) is 3.18. The largest absolute Gasteiger partial charge is 0.497 e. The van der Waals surface area contributed by atoms with Crippen LogP contribution in [0.5, 0.6) is 11.5 Å². The fourth-order valence-electron chi connectivity index (χ4n) is 5.02. The second-order valence-corrected chi connectivity index (χ2v) is 9.36. The van der Waals surface area contributed by atoms with Gasteiger partial charge in [-0.2, -0.15) is 0 Å². The van der Waals surface area contributed by atoms with Crippen LogP contribution in [0.15, 0.2) is 101 Å². The van der Waals surface area contributed by atoms with Gasteiger partial charge in [-0.15, -0.1) is 0 Å². The number of benzene rings is 3. The Balaban J connectivity index is 1.54. The number of hydrogen-bond acceptors (Lipinski definition) is 7. The lowest BCUT2D eigenvalue weighted by atomic mass is 9.80. The van der Waals surface area contributed by atoms with Crippen molar-refractivity contribution in [2.45, 2.75) is 30.4 Å². The van der Waals surface area contributed by atoms with Crippen LogP contribution >= 0.6 is 0 Å². The molecule has 9 heteroatoms. The monoisotopic (exact) mass is 529 g/mol. The highest BCUT2D eigenvalue weighted by Gasteiger charge is 2.41. The van der Waals surface area contributed by atoms with Crippen LogP contribution in [0.4, 0.5) is 0 Å². The van der Waals surface area contributed by atoms with Crippen molar-refractivity contribution < 1.29 is 18.9 Å². The first kappa shape index (κ1) is 26.4. The van der Waals surface area contributed by atoms with Crippen molar-refractivity contribution in [1.29, 1.82) is 0 Å². The van der Waals surface area contributed by atoms with Gasteiger partial charge < -0.3 is 24.7 Å². The van der Waals surface area contributed by atoms with Crippen LogP contribution in [-0.4, -0.2) is 42.5 Å². The minimum Gasteiger partial charge on any atom is -0.497 e. The van der Waals surface area contributed by atoms with E-state index in [9.17, 15) is 9.59 Å². The number of nitrogens with one attached hydrogen (secondary N) is 1. The van der Waals surface area contributed by atoms with Gasteiger partial charge in [0.2, 0.25) is 0 Å². The van der Waals surface area contributed by atoms with Gasteiger partial charge >= 0.3 is 5.69 Å². The molecule has 0 bridgehead atoms. The molecule has 0 radical (unpaired) electrons. The van der Waals surface area contributed by atoms with Crippen molar-refractivity contribution in [2.75, 3.05) is 20.8 Å². The smallest absolute Gasteiger partial charge is 0.330 e. The SMILES string of the molecule is COc1ccc(C(OC[C@H]2O[C@@H](n3ccc(=O)[nH]c3=O)C[C@@H]2N)(c2ccccc2)c2ccc(OC)cc2)cc1. The summed E-state index contributed by atoms with van der Waals surface area (Å²) >= 11 is 0. The quantitative estimate of drug-likeness (QED) is 0.320. The highest BCUT2D eigenvalue weighted by atomic mass is 16.6. The third-order valence-electron chi connectivity index (χ3n) is 7.08. The van der Waals surface area contributed by atoms with Gasteiger partial charge in [-0.1, -0.05) is 54.6 Å². The Kier molecular flexibility index (Phi) is 7.65. The lowest BCUT2D eigenvalue weighted by Gasteiger charge is -2.37. The number of nitrogens with zero attached hydrogens (tertiary/aromatic N) is 1. The molecule has 3 atom stereocenters. The summed E-state index contributed by atoms with van der Waals surface area (Å²) in [7, 11) is 3.25. The summed E-state index contributed by atoms with van der Waals surface area (Å²) in [6.07, 6.45) is 0.688. The van der Waals surface area contributed by atoms with Crippen LogP contribution in [0.2, 0.25) is 0 Å². The van der Waals surface area contributed by atoms with Gasteiger partial charge in [0.05, 0.1) is 26.9 Å². The first-order valence-electron chi connectivity index (χ1n) is 12.7. The van der Waals surface area contributed by atoms with Crippen LogP contribution in [0.3, 0.4) is 0 Å². The van der Waals surface area contributed by atoms with Crippen molar-refractivity contribution in [1.82, 2.24) is 9.55 Å². The molecule has 5 rings (SSSR count). The van der Waals surface area contributed by atoms with Gasteiger partial charge in [-0.25, -0.2) is 4.79 Å². The first-order chi connectivity index (χ1) is 18.9. The Bertz CT molecular complexity index is 1450. The van der Waals surface area contributed by atoms with Crippen molar-refractivity contribution in [3.05, 3.63) is 129 Å². The highest BCUT2D eigenvalue weighted by Crippen LogP contribution is 2.42. The summed E-state index contributed by atoms with van der Waals surface area (Å²) in [5.41, 5.74) is 7.15. The lowest BCUT2D eigenvalue weighted by molar-refractivity contribution is -0.0796. The predicted molar refractivity (Wildman–Crippen MR) is 146 cm³/mol. The third kappa shape index (κ3) is 5.24. The molecular formula is C30H31N3O6. The molecular weight excluding hydrogens is 498 g/mol. The van der Waals surface area contributed by atoms with E-state index in [2.05, 4.69) is 4.98 Å². The van der Waals surface area contributed by atoms with E-state index in [1.807, 2.05) is 78.9 Å². The molecule has 4 aromatic rings. The fourth-order valence-corrected chi connectivity index (χ4v) is 5.02. The van der Waals surface area contributed by atoms with Crippen LogP contribution in [0, 0.1) is 0 Å². The molecule has 3 N–H and O–H groups in total. The van der Waals surface area contributed by atoms with Crippen LogP contribution in [0.25, 0.3) is 0 Å². The molecule has 0 saturated carbocycles. The number of hydrogen-bond donors (Lipinski definition) is 2. The lowest BCUT2D eigenvalue weighted by Crippen LogP contribution is -2.40. The van der Waals surface area contributed by atoms with Crippen molar-refractivity contribution >= 4 is 0 Å². The van der Waals surface area contributed by atoms with Crippen LogP contribution in [0.1, 0.15) is 29.3 Å². The Morgan fingerprint density at radius 3 is 1.97 bits per heavy atom. The summed E-state index contributed by atoms with van der Waals surface area (Å²) in [4.78, 5) is 26.1. The summed E-state index contributed by atoms with van der Waals surface area (Å²) in [6.45, 7) is 0.142. The second kappa shape index (κ2) is 11.3. The molecule has 0 spiro atoms. The minimum absolute atomic E-state index is 0.142. The maximum atomic E-state index is 12.4. The number of ether oxygens (including phenoxy) is 4. The summed E-state index contributed by atoms with van der Waals surface area (Å²) in [6, 6.07) is 26.3. The number of rotatable bonds is 9. The fraction of sp³-hybridized carbons (Fsp3) is 0.267. The van der Waals surface area contributed by atoms with E-state index in [1.165, 1.54) is 16.8 Å². The van der Waals surface area contributed by atoms with Gasteiger partial charge in [-0.3, -0.25) is 14.3 Å². The minimum atomic E-state index is -1.02. The van der Waals surface area contributed by atoms with Gasteiger partial charge in [0.1, 0.15) is 23.3 Å². The normalized spacial score (nSPS) is 19.1. The topological polar surface area (TPSA) is 118 Å². The average molecular weight is 530 g/mol. The molecule has 1 fully saturated rings. The Morgan fingerprint density at radius 1 is 0.872 bits per heavy atom. The Hall–Kier alpha value is -4.18. The number of H-pyrrole nitrogens is 1. The van der Waals surface area contributed by atoms with Gasteiger partial charge in [0.15, 0.2) is 0 Å². The van der Waals surface area contributed by atoms with Crippen molar-refractivity contribution in [3.8, 4) is 11.5 Å². The van der Waals surface area contributed by atoms with Gasteiger partial charge in [-0.05, 0) is 41.0 Å². The van der Waals surface area contributed by atoms with Crippen molar-refractivity contribution in [2.24, 2.45) is 5.73 Å². The molecule has 2 heterocycles. The average Bonchev–Trinajstić information content (AvgIpc) is 3.34. The van der Waals surface area contributed by atoms with Crippen LogP contribution < -0.4 is 26.5 Å². The second-order valence-electron chi connectivity index (χ2n) is 9.36. The molecule has 1 aliphatic rings.